The van der Waals surface area contributed by atoms with Crippen molar-refractivity contribution in [2.24, 2.45) is 50.7 Å². The molecular weight excluding hydrogens is 496 g/mol. The molecule has 5 aliphatic rings. The molecule has 0 amide bonds. The Morgan fingerprint density at radius 1 is 1.05 bits per heavy atom. The molecule has 0 saturated heterocycles. The standard InChI is InChI=1S/C32H50O7/c1-19(9-8-12-27(3,4)39-37)21-10-13-29(6)25-22(38-20(2)33)17-23-30(7,26(35)36)24(34)11-14-31(23)18-32(25,31)16-15-28(21,29)5/h8,12,19,21-25,34,37H,9-11,13-18H2,1-7H3,(H,35,36)/b12-8+/t19-,21-,22+,23+,24+,25+,28-,29+,30+,31-,32+/m1/s1. The molecule has 5 fully saturated rings. The highest BCUT2D eigenvalue weighted by Gasteiger charge is 2.85. The summed E-state index contributed by atoms with van der Waals surface area (Å²) in [5, 5.41) is 30.5. The van der Waals surface area contributed by atoms with Crippen molar-refractivity contribution in [3.63, 3.8) is 0 Å². The summed E-state index contributed by atoms with van der Waals surface area (Å²) in [6.45, 7) is 14.1. The lowest BCUT2D eigenvalue weighted by molar-refractivity contribution is -0.297. The summed E-state index contributed by atoms with van der Waals surface area (Å²) < 4.78 is 6.17. The number of rotatable bonds is 7. The van der Waals surface area contributed by atoms with Crippen LogP contribution in [0.3, 0.4) is 0 Å². The average molecular weight is 547 g/mol. The Morgan fingerprint density at radius 3 is 2.36 bits per heavy atom. The van der Waals surface area contributed by atoms with Crippen molar-refractivity contribution in [1.82, 2.24) is 0 Å². The van der Waals surface area contributed by atoms with Gasteiger partial charge in [0.1, 0.15) is 11.7 Å². The largest absolute Gasteiger partial charge is 0.481 e. The van der Waals surface area contributed by atoms with Crippen molar-refractivity contribution in [3.05, 3.63) is 12.2 Å². The lowest BCUT2D eigenvalue weighted by Crippen LogP contribution is -2.64. The highest BCUT2D eigenvalue weighted by molar-refractivity contribution is 5.76. The molecule has 3 N–H and O–H groups in total. The minimum absolute atomic E-state index is 0.0222. The van der Waals surface area contributed by atoms with Crippen LogP contribution in [-0.2, 0) is 19.2 Å². The van der Waals surface area contributed by atoms with Gasteiger partial charge in [0.15, 0.2) is 0 Å². The van der Waals surface area contributed by atoms with E-state index >= 15 is 0 Å². The van der Waals surface area contributed by atoms with Crippen molar-refractivity contribution >= 4 is 11.9 Å². The number of hydrogen-bond acceptors (Lipinski definition) is 6. The number of aliphatic hydroxyl groups is 1. The van der Waals surface area contributed by atoms with E-state index in [0.29, 0.717) is 24.7 Å². The van der Waals surface area contributed by atoms with E-state index in [1.807, 2.05) is 19.9 Å². The molecule has 5 aliphatic carbocycles. The van der Waals surface area contributed by atoms with Crippen LogP contribution in [0.5, 0.6) is 0 Å². The van der Waals surface area contributed by atoms with E-state index in [0.717, 1.165) is 44.9 Å². The second kappa shape index (κ2) is 9.03. The number of hydrogen-bond donors (Lipinski definition) is 3. The molecule has 0 heterocycles. The second-order valence-corrected chi connectivity index (χ2v) is 15.3. The zero-order valence-corrected chi connectivity index (χ0v) is 25.0. The van der Waals surface area contributed by atoms with Crippen LogP contribution in [-0.4, -0.2) is 45.2 Å². The van der Waals surface area contributed by atoms with Crippen molar-refractivity contribution in [2.45, 2.75) is 124 Å². The average Bonchev–Trinajstić information content (AvgIpc) is 3.42. The number of aliphatic carboxylic acids is 1. The summed E-state index contributed by atoms with van der Waals surface area (Å²) >= 11 is 0. The SMILES string of the molecule is CC(=O)O[C@H]1C[C@H]2[C@](C)(C(=O)O)[C@@H](O)CC[C@@]23C[C@]32CC[C@]3(C)[C@@H]([C@H](C)C/C=C/C(C)(C)OO)CC[C@@]3(C)[C@H]12. The minimum atomic E-state index is -1.22. The van der Waals surface area contributed by atoms with Crippen molar-refractivity contribution in [3.8, 4) is 0 Å². The first kappa shape index (κ1) is 29.1. The number of carbonyl (C=O) groups excluding carboxylic acids is 1. The first-order valence-electron chi connectivity index (χ1n) is 15.1. The minimum Gasteiger partial charge on any atom is -0.481 e. The number of allylic oxidation sites excluding steroid dienone is 1. The van der Waals surface area contributed by atoms with E-state index in [4.69, 9.17) is 9.99 Å². The van der Waals surface area contributed by atoms with E-state index in [-0.39, 0.29) is 45.6 Å². The lowest BCUT2D eigenvalue weighted by atomic mass is 9.41. The first-order valence-corrected chi connectivity index (χ1v) is 15.1. The van der Waals surface area contributed by atoms with Gasteiger partial charge in [0.25, 0.3) is 0 Å². The zero-order chi connectivity index (χ0) is 28.8. The number of carbonyl (C=O) groups is 2. The van der Waals surface area contributed by atoms with Gasteiger partial charge < -0.3 is 14.9 Å². The topological polar surface area (TPSA) is 113 Å². The van der Waals surface area contributed by atoms with E-state index < -0.39 is 23.1 Å². The Kier molecular flexibility index (Phi) is 6.73. The summed E-state index contributed by atoms with van der Waals surface area (Å²) in [6.07, 6.45) is 11.0. The van der Waals surface area contributed by atoms with Gasteiger partial charge in [0.05, 0.1) is 11.5 Å². The molecule has 7 heteroatoms. The normalized spacial score (nSPS) is 49.4. The summed E-state index contributed by atoms with van der Waals surface area (Å²) in [5.41, 5.74) is -1.99. The molecule has 0 aromatic carbocycles. The monoisotopic (exact) mass is 546 g/mol. The molecular formula is C32H50O7. The maximum Gasteiger partial charge on any atom is 0.312 e. The van der Waals surface area contributed by atoms with Gasteiger partial charge in [-0.1, -0.05) is 32.9 Å². The van der Waals surface area contributed by atoms with Crippen LogP contribution in [0.2, 0.25) is 0 Å². The van der Waals surface area contributed by atoms with Crippen molar-refractivity contribution in [2.75, 3.05) is 0 Å². The maximum atomic E-state index is 12.7. The molecule has 0 bridgehead atoms. The summed E-state index contributed by atoms with van der Waals surface area (Å²) in [6, 6.07) is 0. The van der Waals surface area contributed by atoms with E-state index in [1.165, 1.54) is 6.92 Å². The first-order chi connectivity index (χ1) is 18.0. The molecule has 11 atom stereocenters. The highest BCUT2D eigenvalue weighted by Crippen LogP contribution is 2.89. The summed E-state index contributed by atoms with van der Waals surface area (Å²) in [5.74, 6) is -0.247. The predicted octanol–water partition coefficient (Wildman–Crippen LogP) is 6.24. The fourth-order valence-electron chi connectivity index (χ4n) is 11.4. The van der Waals surface area contributed by atoms with Crippen LogP contribution in [0.25, 0.3) is 0 Å². The van der Waals surface area contributed by atoms with Crippen molar-refractivity contribution < 1.29 is 34.7 Å². The molecule has 2 spiro atoms. The van der Waals surface area contributed by atoms with Crippen LogP contribution in [0.1, 0.15) is 106 Å². The maximum absolute atomic E-state index is 12.7. The van der Waals surface area contributed by atoms with Crippen LogP contribution < -0.4 is 0 Å². The Labute approximate surface area is 233 Å². The third kappa shape index (κ3) is 3.77. The Morgan fingerprint density at radius 2 is 1.74 bits per heavy atom. The predicted molar refractivity (Wildman–Crippen MR) is 147 cm³/mol. The third-order valence-corrected chi connectivity index (χ3v) is 13.5. The number of fused-ring (bicyclic) bond motifs is 2. The molecule has 0 aromatic heterocycles. The van der Waals surface area contributed by atoms with Crippen LogP contribution in [0.15, 0.2) is 12.2 Å². The smallest absolute Gasteiger partial charge is 0.312 e. The van der Waals surface area contributed by atoms with E-state index in [1.54, 1.807) is 6.92 Å². The Hall–Kier alpha value is -1.44. The number of carboxylic acids is 1. The zero-order valence-electron chi connectivity index (χ0n) is 25.0. The van der Waals surface area contributed by atoms with Crippen LogP contribution >= 0.6 is 0 Å². The molecule has 39 heavy (non-hydrogen) atoms. The summed E-state index contributed by atoms with van der Waals surface area (Å²) in [4.78, 5) is 29.7. The number of aliphatic hydroxyl groups excluding tert-OH is 1. The van der Waals surface area contributed by atoms with Gasteiger partial charge in [0.2, 0.25) is 0 Å². The highest BCUT2D eigenvalue weighted by atomic mass is 17.1. The Balaban J connectivity index is 1.50. The molecule has 220 valence electrons. The van der Waals surface area contributed by atoms with Gasteiger partial charge in [-0.05, 0) is 118 Å². The lowest BCUT2D eigenvalue weighted by Gasteiger charge is -2.64. The quantitative estimate of drug-likeness (QED) is 0.150. The van der Waals surface area contributed by atoms with Crippen LogP contribution in [0, 0.1) is 50.7 Å². The number of ether oxygens (including phenoxy) is 1. The fraction of sp³-hybridized carbons (Fsp3) is 0.875. The van der Waals surface area contributed by atoms with Gasteiger partial charge in [-0.3, -0.25) is 14.8 Å². The molecule has 0 aromatic rings. The molecule has 5 rings (SSSR count). The second-order valence-electron chi connectivity index (χ2n) is 15.3. The van der Waals surface area contributed by atoms with E-state index in [2.05, 4.69) is 31.7 Å². The molecule has 0 aliphatic heterocycles. The fourth-order valence-corrected chi connectivity index (χ4v) is 11.4. The van der Waals surface area contributed by atoms with Gasteiger partial charge >= 0.3 is 11.9 Å². The van der Waals surface area contributed by atoms with E-state index in [9.17, 15) is 19.8 Å². The number of esters is 1. The molecule has 7 nitrogen and oxygen atoms in total. The molecule has 0 unspecified atom stereocenters. The summed E-state index contributed by atoms with van der Waals surface area (Å²) in [7, 11) is 0. The van der Waals surface area contributed by atoms with Crippen molar-refractivity contribution in [1.29, 1.82) is 0 Å². The van der Waals surface area contributed by atoms with Gasteiger partial charge in [0, 0.05) is 12.8 Å². The molecule has 0 radical (unpaired) electrons. The van der Waals surface area contributed by atoms with Gasteiger partial charge in [-0.25, -0.2) is 4.89 Å². The number of carboxylic acid groups (broad SMARTS) is 1. The Bertz CT molecular complexity index is 1050. The van der Waals surface area contributed by atoms with Gasteiger partial charge in [-0.2, -0.15) is 0 Å². The molecule has 5 saturated carbocycles. The van der Waals surface area contributed by atoms with Crippen LogP contribution in [0.4, 0.5) is 0 Å². The third-order valence-electron chi connectivity index (χ3n) is 13.5. The van der Waals surface area contributed by atoms with Gasteiger partial charge in [-0.15, -0.1) is 0 Å².